The third-order valence-corrected chi connectivity index (χ3v) is 4.59. The van der Waals surface area contributed by atoms with E-state index in [1.54, 1.807) is 0 Å². The minimum absolute atomic E-state index is 0.0207. The van der Waals surface area contributed by atoms with E-state index in [-0.39, 0.29) is 5.56 Å². The van der Waals surface area contributed by atoms with Crippen molar-refractivity contribution < 1.29 is 0 Å². The summed E-state index contributed by atoms with van der Waals surface area (Å²) in [4.78, 5) is 22.2. The van der Waals surface area contributed by atoms with Gasteiger partial charge in [0.1, 0.15) is 5.82 Å². The Hall–Kier alpha value is -2.45. The Kier molecular flexibility index (Phi) is 3.47. The molecule has 1 aromatic heterocycles. The van der Waals surface area contributed by atoms with Gasteiger partial charge in [-0.1, -0.05) is 12.1 Å². The van der Waals surface area contributed by atoms with E-state index in [1.807, 2.05) is 24.3 Å². The number of aromatic amines is 1. The fourth-order valence-electron chi connectivity index (χ4n) is 3.18. The molecule has 1 saturated carbocycles. The van der Waals surface area contributed by atoms with Crippen LogP contribution in [0.2, 0.25) is 0 Å². The van der Waals surface area contributed by atoms with Crippen molar-refractivity contribution in [2.45, 2.75) is 38.3 Å². The summed E-state index contributed by atoms with van der Waals surface area (Å²) < 4.78 is 0. The van der Waals surface area contributed by atoms with Gasteiger partial charge in [-0.25, -0.2) is 4.98 Å². The van der Waals surface area contributed by atoms with E-state index in [1.165, 1.54) is 0 Å². The normalized spacial score (nSPS) is 17.5. The lowest BCUT2D eigenvalue weighted by Crippen LogP contribution is -2.35. The zero-order chi connectivity index (χ0) is 15.8. The monoisotopic (exact) mass is 306 g/mol. The third-order valence-electron chi connectivity index (χ3n) is 4.59. The van der Waals surface area contributed by atoms with Gasteiger partial charge >= 0.3 is 0 Å². The van der Waals surface area contributed by atoms with Crippen LogP contribution in [0.25, 0.3) is 0 Å². The van der Waals surface area contributed by atoms with Crippen LogP contribution in [0.3, 0.4) is 0 Å². The van der Waals surface area contributed by atoms with Crippen molar-refractivity contribution in [2.24, 2.45) is 0 Å². The van der Waals surface area contributed by atoms with Gasteiger partial charge in [0.2, 0.25) is 0 Å². The van der Waals surface area contributed by atoms with E-state index in [4.69, 9.17) is 5.26 Å². The highest BCUT2D eigenvalue weighted by molar-refractivity contribution is 5.33. The number of rotatable bonds is 3. The summed E-state index contributed by atoms with van der Waals surface area (Å²) in [5, 5.41) is 8.99. The second-order valence-electron chi connectivity index (χ2n) is 6.42. The summed E-state index contributed by atoms with van der Waals surface area (Å²) in [7, 11) is 0. The third kappa shape index (κ3) is 2.90. The fourth-order valence-corrected chi connectivity index (χ4v) is 3.18. The highest BCUT2D eigenvalue weighted by Crippen LogP contribution is 2.37. The lowest BCUT2D eigenvalue weighted by atomic mass is 10.0. The highest BCUT2D eigenvalue weighted by Gasteiger charge is 2.29. The molecule has 116 valence electrons. The molecule has 0 bridgehead atoms. The van der Waals surface area contributed by atoms with E-state index in [0.717, 1.165) is 55.0 Å². The van der Waals surface area contributed by atoms with E-state index < -0.39 is 0 Å². The Labute approximate surface area is 134 Å². The SMILES string of the molecule is N#Cc1cccc(CN2CCc3nc(C4CC4)[nH]c(=O)c3C2)c1. The number of H-pyrrole nitrogens is 1. The van der Waals surface area contributed by atoms with E-state index in [0.29, 0.717) is 18.0 Å². The number of nitriles is 1. The van der Waals surface area contributed by atoms with Crippen molar-refractivity contribution >= 4 is 0 Å². The van der Waals surface area contributed by atoms with Crippen LogP contribution >= 0.6 is 0 Å². The van der Waals surface area contributed by atoms with Gasteiger partial charge in [-0.3, -0.25) is 9.69 Å². The van der Waals surface area contributed by atoms with Gasteiger partial charge < -0.3 is 4.98 Å². The molecule has 23 heavy (non-hydrogen) atoms. The molecule has 1 aliphatic carbocycles. The fraction of sp³-hybridized carbons (Fsp3) is 0.389. The van der Waals surface area contributed by atoms with Crippen molar-refractivity contribution in [1.82, 2.24) is 14.9 Å². The van der Waals surface area contributed by atoms with Crippen molar-refractivity contribution in [3.05, 3.63) is 62.8 Å². The highest BCUT2D eigenvalue weighted by atomic mass is 16.1. The largest absolute Gasteiger partial charge is 0.310 e. The van der Waals surface area contributed by atoms with Crippen LogP contribution in [-0.4, -0.2) is 21.4 Å². The molecule has 2 aliphatic rings. The maximum absolute atomic E-state index is 12.4. The Morgan fingerprint density at radius 3 is 3.04 bits per heavy atom. The molecule has 4 rings (SSSR count). The Morgan fingerprint density at radius 1 is 1.39 bits per heavy atom. The predicted molar refractivity (Wildman–Crippen MR) is 85.8 cm³/mol. The molecule has 5 heteroatoms. The van der Waals surface area contributed by atoms with Gasteiger partial charge in [0.25, 0.3) is 5.56 Å². The zero-order valence-electron chi connectivity index (χ0n) is 12.9. The summed E-state index contributed by atoms with van der Waals surface area (Å²) in [6, 6.07) is 9.82. The molecule has 1 aromatic carbocycles. The summed E-state index contributed by atoms with van der Waals surface area (Å²) >= 11 is 0. The van der Waals surface area contributed by atoms with Crippen molar-refractivity contribution in [1.29, 1.82) is 5.26 Å². The summed E-state index contributed by atoms with van der Waals surface area (Å²) in [6.45, 7) is 2.27. The first-order valence-corrected chi connectivity index (χ1v) is 8.06. The second-order valence-corrected chi connectivity index (χ2v) is 6.42. The quantitative estimate of drug-likeness (QED) is 0.942. The molecule has 2 heterocycles. The minimum Gasteiger partial charge on any atom is -0.310 e. The summed E-state index contributed by atoms with van der Waals surface area (Å²) in [6.07, 6.45) is 3.10. The number of nitrogens with one attached hydrogen (secondary N) is 1. The number of hydrogen-bond acceptors (Lipinski definition) is 4. The molecule has 0 spiro atoms. The van der Waals surface area contributed by atoms with E-state index in [9.17, 15) is 4.79 Å². The van der Waals surface area contributed by atoms with Crippen LogP contribution in [-0.2, 0) is 19.5 Å². The first kappa shape index (κ1) is 14.2. The zero-order valence-corrected chi connectivity index (χ0v) is 12.9. The van der Waals surface area contributed by atoms with E-state index in [2.05, 4.69) is 20.9 Å². The van der Waals surface area contributed by atoms with Crippen molar-refractivity contribution in [3.8, 4) is 6.07 Å². The summed E-state index contributed by atoms with van der Waals surface area (Å²) in [5.41, 5.74) is 3.57. The molecule has 1 N–H and O–H groups in total. The number of fused-ring (bicyclic) bond motifs is 1. The molecule has 1 aliphatic heterocycles. The predicted octanol–water partition coefficient (Wildman–Crippen LogP) is 2.08. The van der Waals surface area contributed by atoms with Crippen LogP contribution in [0.15, 0.2) is 29.1 Å². The van der Waals surface area contributed by atoms with Gasteiger partial charge in [0.15, 0.2) is 0 Å². The molecule has 5 nitrogen and oxygen atoms in total. The average molecular weight is 306 g/mol. The van der Waals surface area contributed by atoms with E-state index >= 15 is 0 Å². The van der Waals surface area contributed by atoms with Gasteiger partial charge in [-0.15, -0.1) is 0 Å². The number of benzene rings is 1. The number of aromatic nitrogens is 2. The van der Waals surface area contributed by atoms with Gasteiger partial charge in [-0.05, 0) is 30.5 Å². The van der Waals surface area contributed by atoms with Gasteiger partial charge in [0.05, 0.1) is 22.9 Å². The average Bonchev–Trinajstić information content (AvgIpc) is 3.40. The van der Waals surface area contributed by atoms with Crippen LogP contribution in [0, 0.1) is 11.3 Å². The molecular weight excluding hydrogens is 288 g/mol. The smallest absolute Gasteiger partial charge is 0.255 e. The molecule has 0 radical (unpaired) electrons. The Bertz CT molecular complexity index is 845. The molecule has 0 atom stereocenters. The van der Waals surface area contributed by atoms with Crippen LogP contribution < -0.4 is 5.56 Å². The molecular formula is C18H18N4O. The van der Waals surface area contributed by atoms with Gasteiger partial charge in [0, 0.05) is 32.0 Å². The molecule has 0 unspecified atom stereocenters. The Balaban J connectivity index is 1.54. The number of nitrogens with zero attached hydrogens (tertiary/aromatic N) is 3. The number of hydrogen-bond donors (Lipinski definition) is 1. The first-order chi connectivity index (χ1) is 11.2. The van der Waals surface area contributed by atoms with Crippen LogP contribution in [0.1, 0.15) is 47.0 Å². The minimum atomic E-state index is 0.0207. The van der Waals surface area contributed by atoms with Crippen LogP contribution in [0.4, 0.5) is 0 Å². The first-order valence-electron chi connectivity index (χ1n) is 8.06. The van der Waals surface area contributed by atoms with Crippen molar-refractivity contribution in [3.63, 3.8) is 0 Å². The van der Waals surface area contributed by atoms with Crippen LogP contribution in [0.5, 0.6) is 0 Å². The lowest BCUT2D eigenvalue weighted by molar-refractivity contribution is 0.241. The van der Waals surface area contributed by atoms with Gasteiger partial charge in [-0.2, -0.15) is 5.26 Å². The molecule has 1 fully saturated rings. The molecule has 2 aromatic rings. The standard InChI is InChI=1S/C18H18N4O/c19-9-12-2-1-3-13(8-12)10-22-7-6-16-15(11-22)18(23)21-17(20-16)14-4-5-14/h1-3,8,14H,4-7,10-11H2,(H,20,21,23). The topological polar surface area (TPSA) is 72.8 Å². The maximum Gasteiger partial charge on any atom is 0.255 e. The maximum atomic E-state index is 12.4. The molecule has 0 saturated heterocycles. The lowest BCUT2D eigenvalue weighted by Gasteiger charge is -2.27. The molecule has 0 amide bonds. The second kappa shape index (κ2) is 5.64. The van der Waals surface area contributed by atoms with Crippen molar-refractivity contribution in [2.75, 3.05) is 6.54 Å². The Morgan fingerprint density at radius 2 is 2.26 bits per heavy atom. The summed E-state index contributed by atoms with van der Waals surface area (Å²) in [5.74, 6) is 1.35.